The van der Waals surface area contributed by atoms with Gasteiger partial charge in [-0.1, -0.05) is 6.92 Å². The first kappa shape index (κ1) is 18.0. The van der Waals surface area contributed by atoms with Crippen molar-refractivity contribution in [3.63, 3.8) is 0 Å². The fourth-order valence-electron chi connectivity index (χ4n) is 3.98. The first-order valence-corrected chi connectivity index (χ1v) is 11.2. The van der Waals surface area contributed by atoms with Crippen molar-refractivity contribution in [2.24, 2.45) is 22.7 Å². The summed E-state index contributed by atoms with van der Waals surface area (Å²) in [5.74, 6) is 4.87. The van der Waals surface area contributed by atoms with Gasteiger partial charge < -0.3 is 15.1 Å². The Morgan fingerprint density at radius 3 is 2.38 bits per heavy atom. The number of aryl methyl sites for hydroxylation is 1. The molecule has 26 heavy (non-hydrogen) atoms. The maximum Gasteiger partial charge on any atom is 0.205 e. The Kier molecular flexibility index (Phi) is 5.62. The van der Waals surface area contributed by atoms with Crippen LogP contribution in [0.2, 0.25) is 0 Å². The van der Waals surface area contributed by atoms with E-state index in [1.807, 2.05) is 0 Å². The van der Waals surface area contributed by atoms with Crippen molar-refractivity contribution in [3.8, 4) is 0 Å². The lowest BCUT2D eigenvalue weighted by Crippen LogP contribution is -2.52. The minimum Gasteiger partial charge on any atom is -0.357 e. The monoisotopic (exact) mass is 376 g/mol. The van der Waals surface area contributed by atoms with Crippen molar-refractivity contribution in [1.82, 2.24) is 19.6 Å². The number of nitrogens with zero attached hydrogens (tertiary/aromatic N) is 5. The van der Waals surface area contributed by atoms with Crippen molar-refractivity contribution in [2.45, 2.75) is 46.0 Å². The van der Waals surface area contributed by atoms with E-state index in [0.29, 0.717) is 0 Å². The van der Waals surface area contributed by atoms with E-state index < -0.39 is 0 Å². The SMILES string of the molecule is CCNC(=NCC(C1CC1)C1CC1)N1CCN(c2nc(CC)ns2)CC1. The molecule has 3 fully saturated rings. The summed E-state index contributed by atoms with van der Waals surface area (Å²) >= 11 is 1.54. The van der Waals surface area contributed by atoms with Gasteiger partial charge in [-0.15, -0.1) is 0 Å². The number of piperazine rings is 1. The normalized spacial score (nSPS) is 21.6. The van der Waals surface area contributed by atoms with E-state index >= 15 is 0 Å². The van der Waals surface area contributed by atoms with Crippen LogP contribution in [0.25, 0.3) is 0 Å². The quantitative estimate of drug-likeness (QED) is 0.586. The molecule has 0 aromatic carbocycles. The van der Waals surface area contributed by atoms with E-state index in [-0.39, 0.29) is 0 Å². The standard InChI is InChI=1S/C19H32N6S/c1-3-17-22-19(26-23-17)25-11-9-24(10-12-25)18(20-4-2)21-13-16(14-5-6-14)15-7-8-15/h14-16H,3-13H2,1-2H3,(H,20,21). The zero-order chi connectivity index (χ0) is 17.9. The van der Waals surface area contributed by atoms with Crippen LogP contribution in [0.4, 0.5) is 5.13 Å². The molecule has 1 aliphatic heterocycles. The van der Waals surface area contributed by atoms with E-state index in [1.54, 1.807) is 0 Å². The topological polar surface area (TPSA) is 56.7 Å². The summed E-state index contributed by atoms with van der Waals surface area (Å²) in [5.41, 5.74) is 0. The molecular weight excluding hydrogens is 344 g/mol. The van der Waals surface area contributed by atoms with Gasteiger partial charge in [-0.2, -0.15) is 4.37 Å². The van der Waals surface area contributed by atoms with Crippen molar-refractivity contribution in [3.05, 3.63) is 5.82 Å². The van der Waals surface area contributed by atoms with Crippen molar-refractivity contribution in [1.29, 1.82) is 0 Å². The highest BCUT2D eigenvalue weighted by Crippen LogP contribution is 2.49. The van der Waals surface area contributed by atoms with Crippen LogP contribution in [0.5, 0.6) is 0 Å². The number of nitrogens with one attached hydrogen (secondary N) is 1. The molecule has 1 N–H and O–H groups in total. The van der Waals surface area contributed by atoms with Gasteiger partial charge in [-0.05, 0) is 50.4 Å². The smallest absolute Gasteiger partial charge is 0.205 e. The fourth-order valence-corrected chi connectivity index (χ4v) is 4.78. The first-order chi connectivity index (χ1) is 12.8. The van der Waals surface area contributed by atoms with Gasteiger partial charge in [0, 0.05) is 57.2 Å². The number of guanidine groups is 1. The van der Waals surface area contributed by atoms with Gasteiger partial charge in [-0.25, -0.2) is 4.98 Å². The molecule has 4 rings (SSSR count). The summed E-state index contributed by atoms with van der Waals surface area (Å²) in [5, 5.41) is 4.60. The van der Waals surface area contributed by atoms with Gasteiger partial charge in [-0.3, -0.25) is 4.99 Å². The number of anilines is 1. The average Bonchev–Trinajstić information content (AvgIpc) is 3.61. The Balaban J connectivity index is 1.34. The Morgan fingerprint density at radius 2 is 1.85 bits per heavy atom. The van der Waals surface area contributed by atoms with Crippen molar-refractivity contribution < 1.29 is 0 Å². The summed E-state index contributed by atoms with van der Waals surface area (Å²) in [6.45, 7) is 10.2. The number of aromatic nitrogens is 2. The Morgan fingerprint density at radius 1 is 1.15 bits per heavy atom. The average molecular weight is 377 g/mol. The predicted octanol–water partition coefficient (Wildman–Crippen LogP) is 2.62. The van der Waals surface area contributed by atoms with Crippen LogP contribution in [-0.2, 0) is 6.42 Å². The third-order valence-electron chi connectivity index (χ3n) is 5.87. The van der Waals surface area contributed by atoms with Gasteiger partial charge >= 0.3 is 0 Å². The van der Waals surface area contributed by atoms with E-state index in [0.717, 1.165) is 80.4 Å². The molecule has 0 atom stereocenters. The minimum absolute atomic E-state index is 0.846. The van der Waals surface area contributed by atoms with Gasteiger partial charge in [0.1, 0.15) is 5.82 Å². The highest BCUT2D eigenvalue weighted by molar-refractivity contribution is 7.09. The second-order valence-corrected chi connectivity index (χ2v) is 8.58. The van der Waals surface area contributed by atoms with Gasteiger partial charge in [0.2, 0.25) is 5.13 Å². The zero-order valence-corrected chi connectivity index (χ0v) is 17.0. The largest absolute Gasteiger partial charge is 0.357 e. The fraction of sp³-hybridized carbons (Fsp3) is 0.842. The predicted molar refractivity (Wildman–Crippen MR) is 108 cm³/mol. The van der Waals surface area contributed by atoms with E-state index in [4.69, 9.17) is 4.99 Å². The zero-order valence-electron chi connectivity index (χ0n) is 16.2. The van der Waals surface area contributed by atoms with Crippen LogP contribution >= 0.6 is 11.5 Å². The minimum atomic E-state index is 0.846. The Bertz CT molecular complexity index is 601. The molecule has 1 aromatic heterocycles. The van der Waals surface area contributed by atoms with E-state index in [2.05, 4.69) is 38.3 Å². The molecule has 3 aliphatic rings. The van der Waals surface area contributed by atoms with E-state index in [9.17, 15) is 0 Å². The molecule has 1 aromatic rings. The molecule has 6 nitrogen and oxygen atoms in total. The molecule has 0 radical (unpaired) electrons. The number of rotatable bonds is 7. The second kappa shape index (κ2) is 8.11. The molecule has 0 spiro atoms. The number of hydrogen-bond acceptors (Lipinski definition) is 5. The van der Waals surface area contributed by atoms with Gasteiger partial charge in [0.15, 0.2) is 5.96 Å². The lowest BCUT2D eigenvalue weighted by atomic mass is 9.98. The molecule has 144 valence electrons. The third kappa shape index (κ3) is 4.30. The lowest BCUT2D eigenvalue weighted by Gasteiger charge is -2.36. The highest BCUT2D eigenvalue weighted by Gasteiger charge is 2.41. The van der Waals surface area contributed by atoms with E-state index in [1.165, 1.54) is 37.2 Å². The van der Waals surface area contributed by atoms with Crippen LogP contribution in [0.1, 0.15) is 45.4 Å². The molecule has 2 heterocycles. The number of aliphatic imine (C=N–C) groups is 1. The summed E-state index contributed by atoms with van der Waals surface area (Å²) in [7, 11) is 0. The lowest BCUT2D eigenvalue weighted by molar-refractivity contribution is 0.365. The van der Waals surface area contributed by atoms with Gasteiger partial charge in [0.25, 0.3) is 0 Å². The second-order valence-electron chi connectivity index (χ2n) is 7.85. The highest BCUT2D eigenvalue weighted by atomic mass is 32.1. The van der Waals surface area contributed by atoms with Crippen molar-refractivity contribution >= 4 is 22.6 Å². The number of hydrogen-bond donors (Lipinski definition) is 1. The molecular formula is C19H32N6S. The molecule has 1 saturated heterocycles. The molecule has 7 heteroatoms. The van der Waals surface area contributed by atoms with Crippen LogP contribution < -0.4 is 10.2 Å². The molecule has 2 saturated carbocycles. The Hall–Kier alpha value is -1.37. The first-order valence-electron chi connectivity index (χ1n) is 10.4. The Labute approximate surface area is 161 Å². The molecule has 0 bridgehead atoms. The maximum absolute atomic E-state index is 5.06. The summed E-state index contributed by atoms with van der Waals surface area (Å²) < 4.78 is 4.43. The van der Waals surface area contributed by atoms with Crippen molar-refractivity contribution in [2.75, 3.05) is 44.2 Å². The van der Waals surface area contributed by atoms with Crippen LogP contribution in [0.3, 0.4) is 0 Å². The molecule has 0 amide bonds. The molecule has 2 aliphatic carbocycles. The van der Waals surface area contributed by atoms with Crippen LogP contribution in [0, 0.1) is 17.8 Å². The third-order valence-corrected chi connectivity index (χ3v) is 6.68. The summed E-state index contributed by atoms with van der Waals surface area (Å²) in [6, 6.07) is 0. The van der Waals surface area contributed by atoms with Crippen LogP contribution in [-0.4, -0.2) is 59.5 Å². The van der Waals surface area contributed by atoms with Gasteiger partial charge in [0.05, 0.1) is 0 Å². The molecule has 0 unspecified atom stereocenters. The van der Waals surface area contributed by atoms with Crippen LogP contribution in [0.15, 0.2) is 4.99 Å². The summed E-state index contributed by atoms with van der Waals surface area (Å²) in [4.78, 5) is 14.5. The maximum atomic E-state index is 5.06. The summed E-state index contributed by atoms with van der Waals surface area (Å²) in [6.07, 6.45) is 6.67.